The van der Waals surface area contributed by atoms with Gasteiger partial charge in [-0.3, -0.25) is 0 Å². The van der Waals surface area contributed by atoms with Crippen molar-refractivity contribution in [3.63, 3.8) is 0 Å². The van der Waals surface area contributed by atoms with Crippen molar-refractivity contribution in [3.8, 4) is 12.3 Å². The summed E-state index contributed by atoms with van der Waals surface area (Å²) in [4.78, 5) is 1.42. The molecule has 1 heterocycles. The Kier molecular flexibility index (Phi) is 4.87. The van der Waals surface area contributed by atoms with Gasteiger partial charge in [0.2, 0.25) is 0 Å². The van der Waals surface area contributed by atoms with Crippen molar-refractivity contribution < 1.29 is 0 Å². The number of aryl methyl sites for hydroxylation is 1. The van der Waals surface area contributed by atoms with Gasteiger partial charge < -0.3 is 5.32 Å². The van der Waals surface area contributed by atoms with Crippen LogP contribution in [0.4, 0.5) is 0 Å². The zero-order valence-corrected chi connectivity index (χ0v) is 10.5. The Bertz CT molecular complexity index is 335. The maximum atomic E-state index is 5.34. The number of thiophene rings is 1. The van der Waals surface area contributed by atoms with Crippen LogP contribution >= 0.6 is 11.3 Å². The largest absolute Gasteiger partial charge is 0.306 e. The molecule has 0 saturated carbocycles. The molecule has 0 aliphatic carbocycles. The fraction of sp³-hybridized carbons (Fsp3) is 0.538. The summed E-state index contributed by atoms with van der Waals surface area (Å²) in [6.07, 6.45) is 7.23. The Morgan fingerprint density at radius 1 is 1.60 bits per heavy atom. The number of hydrogen-bond acceptors (Lipinski definition) is 2. The summed E-state index contributed by atoms with van der Waals surface area (Å²) < 4.78 is 0. The van der Waals surface area contributed by atoms with Crippen LogP contribution in [0.25, 0.3) is 0 Å². The van der Waals surface area contributed by atoms with Crippen LogP contribution in [0.2, 0.25) is 0 Å². The van der Waals surface area contributed by atoms with Crippen molar-refractivity contribution in [1.82, 2.24) is 5.32 Å². The quantitative estimate of drug-likeness (QED) is 0.750. The van der Waals surface area contributed by atoms with Gasteiger partial charge in [0.05, 0.1) is 0 Å². The second-order valence-corrected chi connectivity index (χ2v) is 4.82. The molecular weight excluding hydrogens is 202 g/mol. The molecule has 1 aromatic heterocycles. The fourth-order valence-corrected chi connectivity index (χ4v) is 2.67. The summed E-state index contributed by atoms with van der Waals surface area (Å²) in [5.74, 6) is 2.72. The molecule has 1 rings (SSSR count). The third kappa shape index (κ3) is 3.37. The van der Waals surface area contributed by atoms with E-state index >= 15 is 0 Å². The van der Waals surface area contributed by atoms with Crippen molar-refractivity contribution in [2.45, 2.75) is 45.7 Å². The lowest BCUT2D eigenvalue weighted by molar-refractivity contribution is 0.452. The number of nitrogens with one attached hydrogen (secondary N) is 1. The van der Waals surface area contributed by atoms with E-state index in [1.165, 1.54) is 10.4 Å². The van der Waals surface area contributed by atoms with Gasteiger partial charge in [-0.25, -0.2) is 0 Å². The molecule has 2 atom stereocenters. The van der Waals surface area contributed by atoms with Crippen LogP contribution in [0.15, 0.2) is 11.4 Å². The van der Waals surface area contributed by atoms with E-state index in [4.69, 9.17) is 6.42 Å². The standard InChI is InChI=1S/C13H19NS/c1-5-7-12(6-2)14-11(4)13-10(3)8-9-15-13/h1,8-9,11-12,14H,6-7H2,2-4H3. The second kappa shape index (κ2) is 5.95. The molecule has 2 heteroatoms. The topological polar surface area (TPSA) is 12.0 Å². The van der Waals surface area contributed by atoms with E-state index in [0.717, 1.165) is 12.8 Å². The van der Waals surface area contributed by atoms with Gasteiger partial charge in [-0.1, -0.05) is 6.92 Å². The van der Waals surface area contributed by atoms with Crippen molar-refractivity contribution in [1.29, 1.82) is 0 Å². The molecule has 82 valence electrons. The average Bonchev–Trinajstić information content (AvgIpc) is 2.63. The smallest absolute Gasteiger partial charge is 0.0391 e. The molecule has 1 nitrogen and oxygen atoms in total. The van der Waals surface area contributed by atoms with Gasteiger partial charge in [0, 0.05) is 23.4 Å². The zero-order valence-electron chi connectivity index (χ0n) is 9.71. The van der Waals surface area contributed by atoms with E-state index in [1.807, 2.05) is 11.3 Å². The zero-order chi connectivity index (χ0) is 11.3. The number of terminal acetylenes is 1. The summed E-state index contributed by atoms with van der Waals surface area (Å²) >= 11 is 1.81. The molecule has 0 bridgehead atoms. The maximum absolute atomic E-state index is 5.34. The maximum Gasteiger partial charge on any atom is 0.0391 e. The molecule has 2 unspecified atom stereocenters. The van der Waals surface area contributed by atoms with Gasteiger partial charge in [0.1, 0.15) is 0 Å². The molecule has 0 saturated heterocycles. The van der Waals surface area contributed by atoms with Crippen LogP contribution in [0.1, 0.15) is 43.2 Å². The van der Waals surface area contributed by atoms with Crippen molar-refractivity contribution in [3.05, 3.63) is 21.9 Å². The Morgan fingerprint density at radius 3 is 2.80 bits per heavy atom. The average molecular weight is 221 g/mol. The minimum absolute atomic E-state index is 0.406. The molecule has 0 amide bonds. The van der Waals surface area contributed by atoms with Crippen LogP contribution in [0.5, 0.6) is 0 Å². The molecule has 0 aromatic carbocycles. The molecule has 0 radical (unpaired) electrons. The van der Waals surface area contributed by atoms with Gasteiger partial charge in [-0.2, -0.15) is 0 Å². The van der Waals surface area contributed by atoms with E-state index < -0.39 is 0 Å². The summed E-state index contributed by atoms with van der Waals surface area (Å²) in [6.45, 7) is 6.53. The highest BCUT2D eigenvalue weighted by atomic mass is 32.1. The molecule has 0 aliphatic heterocycles. The first-order chi connectivity index (χ1) is 7.19. The second-order valence-electron chi connectivity index (χ2n) is 3.87. The van der Waals surface area contributed by atoms with E-state index in [0.29, 0.717) is 12.1 Å². The first-order valence-corrected chi connectivity index (χ1v) is 6.30. The van der Waals surface area contributed by atoms with Crippen molar-refractivity contribution in [2.24, 2.45) is 0 Å². The lowest BCUT2D eigenvalue weighted by atomic mass is 10.1. The minimum Gasteiger partial charge on any atom is -0.306 e. The third-order valence-corrected chi connectivity index (χ3v) is 3.84. The van der Waals surface area contributed by atoms with Crippen molar-refractivity contribution >= 4 is 11.3 Å². The normalized spacial score (nSPS) is 14.5. The first-order valence-electron chi connectivity index (χ1n) is 5.42. The van der Waals surface area contributed by atoms with Gasteiger partial charge >= 0.3 is 0 Å². The predicted octanol–water partition coefficient (Wildman–Crippen LogP) is 3.51. The van der Waals surface area contributed by atoms with Gasteiger partial charge in [-0.15, -0.1) is 23.7 Å². The minimum atomic E-state index is 0.406. The lowest BCUT2D eigenvalue weighted by Crippen LogP contribution is -2.30. The Labute approximate surface area is 96.9 Å². The fourth-order valence-electron chi connectivity index (χ4n) is 1.72. The third-order valence-electron chi connectivity index (χ3n) is 2.64. The van der Waals surface area contributed by atoms with Gasteiger partial charge in [0.15, 0.2) is 0 Å². The van der Waals surface area contributed by atoms with Crippen LogP contribution in [0, 0.1) is 19.3 Å². The monoisotopic (exact) mass is 221 g/mol. The summed E-state index contributed by atoms with van der Waals surface area (Å²) in [5, 5.41) is 5.72. The Morgan fingerprint density at radius 2 is 2.33 bits per heavy atom. The molecule has 1 aromatic rings. The highest BCUT2D eigenvalue weighted by Gasteiger charge is 2.13. The van der Waals surface area contributed by atoms with Crippen molar-refractivity contribution in [2.75, 3.05) is 0 Å². The van der Waals surface area contributed by atoms with E-state index in [1.54, 1.807) is 0 Å². The van der Waals surface area contributed by atoms with Crippen LogP contribution in [0.3, 0.4) is 0 Å². The van der Waals surface area contributed by atoms with E-state index in [2.05, 4.69) is 43.5 Å². The molecule has 0 aliphatic rings. The van der Waals surface area contributed by atoms with Crippen LogP contribution in [-0.2, 0) is 0 Å². The number of hydrogen-bond donors (Lipinski definition) is 1. The SMILES string of the molecule is C#CCC(CC)NC(C)c1sccc1C. The Balaban J connectivity index is 2.59. The van der Waals surface area contributed by atoms with Gasteiger partial charge in [0.25, 0.3) is 0 Å². The van der Waals surface area contributed by atoms with Crippen LogP contribution < -0.4 is 5.32 Å². The highest BCUT2D eigenvalue weighted by Crippen LogP contribution is 2.24. The molecule has 15 heavy (non-hydrogen) atoms. The van der Waals surface area contributed by atoms with Gasteiger partial charge in [-0.05, 0) is 37.3 Å². The van der Waals surface area contributed by atoms with E-state index in [9.17, 15) is 0 Å². The molecule has 1 N–H and O–H groups in total. The molecular formula is C13H19NS. The highest BCUT2D eigenvalue weighted by molar-refractivity contribution is 7.10. The lowest BCUT2D eigenvalue weighted by Gasteiger charge is -2.20. The van der Waals surface area contributed by atoms with E-state index in [-0.39, 0.29) is 0 Å². The number of rotatable bonds is 5. The van der Waals surface area contributed by atoms with Crippen LogP contribution in [-0.4, -0.2) is 6.04 Å². The summed E-state index contributed by atoms with van der Waals surface area (Å²) in [6, 6.07) is 3.01. The predicted molar refractivity (Wildman–Crippen MR) is 68.1 cm³/mol. The summed E-state index contributed by atoms with van der Waals surface area (Å²) in [7, 11) is 0. The first kappa shape index (κ1) is 12.3. The Hall–Kier alpha value is -0.780. The molecule has 0 spiro atoms. The summed E-state index contributed by atoms with van der Waals surface area (Å²) in [5.41, 5.74) is 1.37. The molecule has 0 fully saturated rings.